The normalized spacial score (nSPS) is 18.3. The Morgan fingerprint density at radius 1 is 1.38 bits per heavy atom. The predicted octanol–water partition coefficient (Wildman–Crippen LogP) is 1.66. The first-order valence-corrected chi connectivity index (χ1v) is 6.99. The second-order valence-corrected chi connectivity index (χ2v) is 5.06. The van der Waals surface area contributed by atoms with Gasteiger partial charge in [0.05, 0.1) is 7.11 Å². The smallest absolute Gasteiger partial charge is 0.239 e. The molecule has 0 bridgehead atoms. The Balaban J connectivity index is 1.70. The molecule has 1 aromatic carbocycles. The number of hydrogen-bond acceptors (Lipinski definition) is 5. The molecule has 0 aliphatic carbocycles. The number of ether oxygens (including phenoxy) is 1. The van der Waals surface area contributed by atoms with Gasteiger partial charge in [0.15, 0.2) is 5.82 Å². The Hall–Kier alpha value is -2.37. The van der Waals surface area contributed by atoms with Crippen LogP contribution in [-0.4, -0.2) is 29.7 Å². The number of amides is 1. The molecule has 2 heterocycles. The zero-order valence-electron chi connectivity index (χ0n) is 11.8. The monoisotopic (exact) mass is 287 g/mol. The van der Waals surface area contributed by atoms with E-state index in [9.17, 15) is 4.79 Å². The summed E-state index contributed by atoms with van der Waals surface area (Å²) < 4.78 is 10.4. The Bertz CT molecular complexity index is 621. The van der Waals surface area contributed by atoms with Crippen molar-refractivity contribution in [2.75, 3.05) is 13.7 Å². The number of hydrogen-bond donors (Lipinski definition) is 1. The van der Waals surface area contributed by atoms with Crippen molar-refractivity contribution in [3.05, 3.63) is 41.5 Å². The molecule has 3 rings (SSSR count). The number of rotatable bonds is 4. The summed E-state index contributed by atoms with van der Waals surface area (Å²) in [6, 6.07) is 7.71. The number of nitrogens with zero attached hydrogens (tertiary/aromatic N) is 2. The second kappa shape index (κ2) is 5.95. The topological polar surface area (TPSA) is 77.3 Å². The lowest BCUT2D eigenvalue weighted by Gasteiger charge is -2.18. The van der Waals surface area contributed by atoms with Gasteiger partial charge in [-0.3, -0.25) is 4.79 Å². The fourth-order valence-corrected chi connectivity index (χ4v) is 2.41. The Morgan fingerprint density at radius 2 is 2.19 bits per heavy atom. The lowest BCUT2D eigenvalue weighted by Crippen LogP contribution is -2.35. The molecule has 1 aromatic heterocycles. The summed E-state index contributed by atoms with van der Waals surface area (Å²) in [5.74, 6) is 1.48. The van der Waals surface area contributed by atoms with Gasteiger partial charge in [-0.25, -0.2) is 0 Å². The van der Waals surface area contributed by atoms with E-state index in [2.05, 4.69) is 15.5 Å². The van der Waals surface area contributed by atoms with Gasteiger partial charge in [-0.2, -0.15) is 4.98 Å². The zero-order valence-corrected chi connectivity index (χ0v) is 11.8. The summed E-state index contributed by atoms with van der Waals surface area (Å²) >= 11 is 0. The fraction of sp³-hybridized carbons (Fsp3) is 0.400. The van der Waals surface area contributed by atoms with E-state index in [0.717, 1.165) is 30.7 Å². The molecule has 0 spiro atoms. The molecule has 1 N–H and O–H groups in total. The average molecular weight is 287 g/mol. The fourth-order valence-electron chi connectivity index (χ4n) is 2.41. The van der Waals surface area contributed by atoms with Gasteiger partial charge in [0, 0.05) is 13.0 Å². The van der Waals surface area contributed by atoms with Crippen LogP contribution in [0.4, 0.5) is 0 Å². The molecule has 1 aliphatic heterocycles. The van der Waals surface area contributed by atoms with Gasteiger partial charge in [0.25, 0.3) is 0 Å². The summed E-state index contributed by atoms with van der Waals surface area (Å²) in [5.41, 5.74) is 1.07. The molecule has 1 fully saturated rings. The molecular formula is C15H17N3O3. The lowest BCUT2D eigenvalue weighted by molar-refractivity contribution is -0.124. The number of aromatic nitrogens is 2. The highest BCUT2D eigenvalue weighted by Crippen LogP contribution is 2.23. The molecular weight excluding hydrogens is 270 g/mol. The van der Waals surface area contributed by atoms with Crippen molar-refractivity contribution in [3.63, 3.8) is 0 Å². The van der Waals surface area contributed by atoms with Crippen LogP contribution in [0.3, 0.4) is 0 Å². The average Bonchev–Trinajstić information content (AvgIpc) is 2.97. The van der Waals surface area contributed by atoms with Gasteiger partial charge >= 0.3 is 0 Å². The van der Waals surface area contributed by atoms with Crippen LogP contribution in [0, 0.1) is 0 Å². The maximum absolute atomic E-state index is 11.8. The van der Waals surface area contributed by atoms with Crippen molar-refractivity contribution in [1.82, 2.24) is 15.5 Å². The standard InChI is InChI=1S/C15H17N3O3/c1-20-11-6-4-10(5-7-11)9-13-17-15(21-18-13)12-3-2-8-16-14(12)19/h4-7,12H,2-3,8-9H2,1H3,(H,16,19). The number of carbonyl (C=O) groups excluding carboxylic acids is 1. The van der Waals surface area contributed by atoms with Crippen LogP contribution in [0.2, 0.25) is 0 Å². The lowest BCUT2D eigenvalue weighted by atomic mass is 9.99. The first kappa shape index (κ1) is 13.6. The van der Waals surface area contributed by atoms with Crippen LogP contribution in [0.25, 0.3) is 0 Å². The number of carbonyl (C=O) groups is 1. The summed E-state index contributed by atoms with van der Waals surface area (Å²) in [6.45, 7) is 0.724. The quantitative estimate of drug-likeness (QED) is 0.925. The Morgan fingerprint density at radius 3 is 2.90 bits per heavy atom. The van der Waals surface area contributed by atoms with Gasteiger partial charge < -0.3 is 14.6 Å². The third-order valence-corrected chi connectivity index (χ3v) is 3.59. The molecule has 6 heteroatoms. The zero-order chi connectivity index (χ0) is 14.7. The van der Waals surface area contributed by atoms with Crippen LogP contribution in [0.5, 0.6) is 5.75 Å². The molecule has 1 atom stereocenters. The van der Waals surface area contributed by atoms with Crippen LogP contribution < -0.4 is 10.1 Å². The summed E-state index contributed by atoms with van der Waals surface area (Å²) in [7, 11) is 1.63. The molecule has 1 amide bonds. The molecule has 0 saturated carbocycles. The van der Waals surface area contributed by atoms with Crippen molar-refractivity contribution in [1.29, 1.82) is 0 Å². The van der Waals surface area contributed by atoms with Crippen LogP contribution in [-0.2, 0) is 11.2 Å². The molecule has 0 radical (unpaired) electrons. The van der Waals surface area contributed by atoms with Gasteiger partial charge in [-0.05, 0) is 30.5 Å². The maximum atomic E-state index is 11.8. The minimum atomic E-state index is -0.309. The van der Waals surface area contributed by atoms with E-state index in [1.54, 1.807) is 7.11 Å². The summed E-state index contributed by atoms with van der Waals surface area (Å²) in [5, 5.41) is 6.79. The highest BCUT2D eigenvalue weighted by atomic mass is 16.5. The minimum absolute atomic E-state index is 0.0269. The first-order valence-electron chi connectivity index (χ1n) is 6.99. The molecule has 2 aromatic rings. The van der Waals surface area contributed by atoms with E-state index < -0.39 is 0 Å². The third kappa shape index (κ3) is 3.04. The molecule has 1 unspecified atom stereocenters. The Labute approximate surface area is 122 Å². The van der Waals surface area contributed by atoms with E-state index in [0.29, 0.717) is 18.1 Å². The third-order valence-electron chi connectivity index (χ3n) is 3.59. The summed E-state index contributed by atoms with van der Waals surface area (Å²) in [6.07, 6.45) is 2.27. The highest BCUT2D eigenvalue weighted by molar-refractivity contribution is 5.83. The van der Waals surface area contributed by atoms with Gasteiger partial charge in [0.1, 0.15) is 11.7 Å². The SMILES string of the molecule is COc1ccc(Cc2noc(C3CCCNC3=O)n2)cc1. The largest absolute Gasteiger partial charge is 0.497 e. The van der Waals surface area contributed by atoms with Crippen LogP contribution in [0.15, 0.2) is 28.8 Å². The second-order valence-electron chi connectivity index (χ2n) is 5.06. The van der Waals surface area contributed by atoms with E-state index in [4.69, 9.17) is 9.26 Å². The van der Waals surface area contributed by atoms with E-state index in [1.807, 2.05) is 24.3 Å². The van der Waals surface area contributed by atoms with Gasteiger partial charge in [-0.15, -0.1) is 0 Å². The van der Waals surface area contributed by atoms with Crippen molar-refractivity contribution >= 4 is 5.91 Å². The molecule has 1 saturated heterocycles. The molecule has 1 aliphatic rings. The Kier molecular flexibility index (Phi) is 3.85. The number of nitrogens with one attached hydrogen (secondary N) is 1. The van der Waals surface area contributed by atoms with Crippen molar-refractivity contribution in [2.24, 2.45) is 0 Å². The van der Waals surface area contributed by atoms with Crippen LogP contribution in [0.1, 0.15) is 36.0 Å². The van der Waals surface area contributed by atoms with Crippen molar-refractivity contribution < 1.29 is 14.1 Å². The maximum Gasteiger partial charge on any atom is 0.239 e. The molecule has 21 heavy (non-hydrogen) atoms. The van der Waals surface area contributed by atoms with E-state index >= 15 is 0 Å². The van der Waals surface area contributed by atoms with E-state index in [1.165, 1.54) is 0 Å². The molecule has 110 valence electrons. The number of methoxy groups -OCH3 is 1. The predicted molar refractivity (Wildman–Crippen MR) is 75.1 cm³/mol. The van der Waals surface area contributed by atoms with Crippen molar-refractivity contribution in [3.8, 4) is 5.75 Å². The van der Waals surface area contributed by atoms with Gasteiger partial charge in [0.2, 0.25) is 11.8 Å². The highest BCUT2D eigenvalue weighted by Gasteiger charge is 2.28. The number of benzene rings is 1. The molecule has 6 nitrogen and oxygen atoms in total. The minimum Gasteiger partial charge on any atom is -0.497 e. The number of piperidine rings is 1. The van der Waals surface area contributed by atoms with Crippen molar-refractivity contribution in [2.45, 2.75) is 25.2 Å². The van der Waals surface area contributed by atoms with Crippen LogP contribution >= 0.6 is 0 Å². The first-order chi connectivity index (χ1) is 10.3. The summed E-state index contributed by atoms with van der Waals surface area (Å²) in [4.78, 5) is 16.1. The van der Waals surface area contributed by atoms with Gasteiger partial charge in [-0.1, -0.05) is 17.3 Å². The van der Waals surface area contributed by atoms with E-state index in [-0.39, 0.29) is 11.8 Å².